The average Bonchev–Trinajstić information content (AvgIpc) is 2.46. The first-order chi connectivity index (χ1) is 4.93. The number of hydrogen-bond acceptors (Lipinski definition) is 3. The zero-order chi connectivity index (χ0) is 7.82. The van der Waals surface area contributed by atoms with Gasteiger partial charge in [0.2, 0.25) is 0 Å². The van der Waals surface area contributed by atoms with Crippen LogP contribution in [0.5, 0.6) is 0 Å². The van der Waals surface area contributed by atoms with Gasteiger partial charge in [0.1, 0.15) is 0 Å². The molecule has 0 aliphatic heterocycles. The summed E-state index contributed by atoms with van der Waals surface area (Å²) in [6, 6.07) is 0. The third-order valence-electron chi connectivity index (χ3n) is 0.955. The van der Waals surface area contributed by atoms with Crippen molar-refractivity contribution in [2.75, 3.05) is 13.6 Å². The normalized spacial score (nSPS) is 8.30. The largest absolute Gasteiger partial charge is 0.351 e. The highest BCUT2D eigenvalue weighted by Crippen LogP contribution is 1.88. The summed E-state index contributed by atoms with van der Waals surface area (Å²) < 4.78 is 0. The van der Waals surface area contributed by atoms with Crippen LogP contribution in [0.1, 0.15) is 5.69 Å². The second-order valence-electron chi connectivity index (χ2n) is 1.60. The molecule has 4 nitrogen and oxygen atoms in total. The fourth-order valence-corrected chi connectivity index (χ4v) is 0.576. The van der Waals surface area contributed by atoms with Crippen LogP contribution in [-0.4, -0.2) is 23.6 Å². The van der Waals surface area contributed by atoms with Crippen molar-refractivity contribution in [1.29, 1.82) is 0 Å². The van der Waals surface area contributed by atoms with Gasteiger partial charge < -0.3 is 16.5 Å². The molecule has 0 saturated heterocycles. The summed E-state index contributed by atoms with van der Waals surface area (Å²) in [5.41, 5.74) is 10.8. The van der Waals surface area contributed by atoms with Crippen LogP contribution in [0.2, 0.25) is 0 Å². The summed E-state index contributed by atoms with van der Waals surface area (Å²) in [6.45, 7) is 0.671. The molecule has 0 aromatic carbocycles. The van der Waals surface area contributed by atoms with Crippen molar-refractivity contribution in [3.8, 4) is 0 Å². The first-order valence-corrected chi connectivity index (χ1v) is 3.19. The van der Waals surface area contributed by atoms with Crippen molar-refractivity contribution >= 4 is 0 Å². The zero-order valence-electron chi connectivity index (χ0n) is 6.17. The SMILES string of the molecule is CN.NCCc1c[nH]cn1. The minimum absolute atomic E-state index is 0.671. The Balaban J connectivity index is 0.000000371. The number of nitrogens with two attached hydrogens (primary N) is 2. The lowest BCUT2D eigenvalue weighted by Crippen LogP contribution is -2.02. The molecule has 4 heteroatoms. The van der Waals surface area contributed by atoms with Gasteiger partial charge in [-0.15, -0.1) is 0 Å². The van der Waals surface area contributed by atoms with E-state index in [4.69, 9.17) is 5.73 Å². The van der Waals surface area contributed by atoms with Gasteiger partial charge in [0, 0.05) is 12.6 Å². The topological polar surface area (TPSA) is 80.7 Å². The van der Waals surface area contributed by atoms with E-state index >= 15 is 0 Å². The Morgan fingerprint density at radius 2 is 2.30 bits per heavy atom. The highest BCUT2D eigenvalue weighted by Gasteiger charge is 1.87. The molecule has 0 fully saturated rings. The monoisotopic (exact) mass is 142 g/mol. The molecule has 58 valence electrons. The van der Waals surface area contributed by atoms with E-state index < -0.39 is 0 Å². The molecule has 0 aliphatic carbocycles. The van der Waals surface area contributed by atoms with E-state index in [1.165, 1.54) is 7.05 Å². The third kappa shape index (κ3) is 3.21. The number of nitrogens with zero attached hydrogens (tertiary/aromatic N) is 1. The highest BCUT2D eigenvalue weighted by molar-refractivity contribution is 4.93. The van der Waals surface area contributed by atoms with Crippen LogP contribution in [0.3, 0.4) is 0 Å². The Hall–Kier alpha value is -0.870. The second kappa shape index (κ2) is 6.25. The molecule has 0 spiro atoms. The summed E-state index contributed by atoms with van der Waals surface area (Å²) >= 11 is 0. The highest BCUT2D eigenvalue weighted by atomic mass is 14.9. The Kier molecular flexibility index (Phi) is 5.71. The van der Waals surface area contributed by atoms with Crippen LogP contribution < -0.4 is 11.5 Å². The summed E-state index contributed by atoms with van der Waals surface area (Å²) in [5.74, 6) is 0. The molecule has 0 amide bonds. The maximum absolute atomic E-state index is 5.27. The van der Waals surface area contributed by atoms with Gasteiger partial charge in [-0.25, -0.2) is 4.98 Å². The lowest BCUT2D eigenvalue weighted by atomic mass is 10.3. The van der Waals surface area contributed by atoms with Crippen LogP contribution in [0.15, 0.2) is 12.5 Å². The average molecular weight is 142 g/mol. The molecular formula is C6H14N4. The fourth-order valence-electron chi connectivity index (χ4n) is 0.576. The lowest BCUT2D eigenvalue weighted by Gasteiger charge is -1.85. The van der Waals surface area contributed by atoms with E-state index in [2.05, 4.69) is 15.7 Å². The van der Waals surface area contributed by atoms with Crippen LogP contribution >= 0.6 is 0 Å². The lowest BCUT2D eigenvalue weighted by molar-refractivity contribution is 0.935. The quantitative estimate of drug-likeness (QED) is 0.520. The van der Waals surface area contributed by atoms with Crippen LogP contribution in [0, 0.1) is 0 Å². The molecule has 0 bridgehead atoms. The van der Waals surface area contributed by atoms with Crippen molar-refractivity contribution in [3.05, 3.63) is 18.2 Å². The maximum Gasteiger partial charge on any atom is 0.0923 e. The van der Waals surface area contributed by atoms with Gasteiger partial charge >= 0.3 is 0 Å². The van der Waals surface area contributed by atoms with Gasteiger partial charge in [0.05, 0.1) is 12.0 Å². The molecule has 10 heavy (non-hydrogen) atoms. The van der Waals surface area contributed by atoms with Gasteiger partial charge in [0.25, 0.3) is 0 Å². The standard InChI is InChI=1S/C5H9N3.CH5N/c6-2-1-5-3-7-4-8-5;1-2/h3-4H,1-2,6H2,(H,7,8);2H2,1H3. The van der Waals surface area contributed by atoms with Crippen molar-refractivity contribution in [2.24, 2.45) is 11.5 Å². The molecular weight excluding hydrogens is 128 g/mol. The minimum atomic E-state index is 0.671. The van der Waals surface area contributed by atoms with E-state index in [-0.39, 0.29) is 0 Å². The number of hydrogen-bond donors (Lipinski definition) is 3. The van der Waals surface area contributed by atoms with Gasteiger partial charge in [-0.2, -0.15) is 0 Å². The first-order valence-electron chi connectivity index (χ1n) is 3.19. The molecule has 5 N–H and O–H groups in total. The van der Waals surface area contributed by atoms with Crippen LogP contribution in [0.4, 0.5) is 0 Å². The Labute approximate surface area is 60.6 Å². The first kappa shape index (κ1) is 9.13. The molecule has 1 aromatic rings. The maximum atomic E-state index is 5.27. The molecule has 1 rings (SSSR count). The number of H-pyrrole nitrogens is 1. The fraction of sp³-hybridized carbons (Fsp3) is 0.500. The van der Waals surface area contributed by atoms with E-state index in [9.17, 15) is 0 Å². The van der Waals surface area contributed by atoms with E-state index in [0.29, 0.717) is 6.54 Å². The summed E-state index contributed by atoms with van der Waals surface area (Å²) in [7, 11) is 1.50. The van der Waals surface area contributed by atoms with Crippen molar-refractivity contribution in [2.45, 2.75) is 6.42 Å². The Morgan fingerprint density at radius 3 is 2.70 bits per heavy atom. The number of rotatable bonds is 2. The summed E-state index contributed by atoms with van der Waals surface area (Å²) in [5, 5.41) is 0. The van der Waals surface area contributed by atoms with E-state index in [0.717, 1.165) is 12.1 Å². The Bertz CT molecular complexity index is 135. The van der Waals surface area contributed by atoms with Gasteiger partial charge in [-0.1, -0.05) is 0 Å². The van der Waals surface area contributed by atoms with Gasteiger partial charge in [-0.3, -0.25) is 0 Å². The van der Waals surface area contributed by atoms with Crippen molar-refractivity contribution in [1.82, 2.24) is 9.97 Å². The minimum Gasteiger partial charge on any atom is -0.351 e. The third-order valence-corrected chi connectivity index (χ3v) is 0.955. The summed E-state index contributed by atoms with van der Waals surface area (Å²) in [6.07, 6.45) is 4.38. The van der Waals surface area contributed by atoms with E-state index in [1.807, 2.05) is 6.20 Å². The van der Waals surface area contributed by atoms with Gasteiger partial charge in [0.15, 0.2) is 0 Å². The molecule has 1 heterocycles. The predicted octanol–water partition coefficient (Wildman–Crippen LogP) is -0.514. The molecule has 0 radical (unpaired) electrons. The molecule has 0 saturated carbocycles. The van der Waals surface area contributed by atoms with Crippen LogP contribution in [0.25, 0.3) is 0 Å². The summed E-state index contributed by atoms with van der Waals surface area (Å²) in [4.78, 5) is 6.82. The molecule has 0 atom stereocenters. The number of nitrogens with one attached hydrogen (secondary N) is 1. The second-order valence-corrected chi connectivity index (χ2v) is 1.60. The van der Waals surface area contributed by atoms with Crippen molar-refractivity contribution in [3.63, 3.8) is 0 Å². The van der Waals surface area contributed by atoms with Crippen molar-refractivity contribution < 1.29 is 0 Å². The zero-order valence-corrected chi connectivity index (χ0v) is 6.17. The smallest absolute Gasteiger partial charge is 0.0923 e. The molecule has 0 aliphatic rings. The van der Waals surface area contributed by atoms with Crippen LogP contribution in [-0.2, 0) is 6.42 Å². The Morgan fingerprint density at radius 1 is 1.60 bits per heavy atom. The molecule has 1 aromatic heterocycles. The number of aromatic nitrogens is 2. The molecule has 0 unspecified atom stereocenters. The predicted molar refractivity (Wildman–Crippen MR) is 41.5 cm³/mol. The number of aromatic amines is 1. The van der Waals surface area contributed by atoms with E-state index in [1.54, 1.807) is 6.33 Å². The number of imidazole rings is 1. The van der Waals surface area contributed by atoms with Gasteiger partial charge in [-0.05, 0) is 13.6 Å².